The molecule has 1 aromatic rings. The number of aryl methyl sites for hydroxylation is 1. The van der Waals surface area contributed by atoms with Crippen molar-refractivity contribution in [2.75, 3.05) is 0 Å². The number of aromatic nitrogens is 1. The summed E-state index contributed by atoms with van der Waals surface area (Å²) in [5.74, 6) is 0. The van der Waals surface area contributed by atoms with Gasteiger partial charge in [0.2, 0.25) is 0 Å². The van der Waals surface area contributed by atoms with Gasteiger partial charge in [0.05, 0.1) is 20.6 Å². The quantitative estimate of drug-likeness (QED) is 0.705. The topological polar surface area (TPSA) is 22.0 Å². The van der Waals surface area contributed by atoms with Crippen molar-refractivity contribution >= 4 is 32.1 Å². The number of rotatable bonds is 0. The van der Waals surface area contributed by atoms with E-state index in [2.05, 4.69) is 32.1 Å². The summed E-state index contributed by atoms with van der Waals surface area (Å²) in [4.78, 5) is 11.0. The lowest BCUT2D eigenvalue weighted by molar-refractivity contribution is 1.13. The zero-order chi connectivity index (χ0) is 7.72. The van der Waals surface area contributed by atoms with E-state index in [-0.39, 0.29) is 5.56 Å². The molecule has 0 N–H and O–H groups in total. The second-order valence-corrected chi connectivity index (χ2v) is 3.60. The maximum atomic E-state index is 11.0. The Hall–Kier alpha value is -0.0900. The van der Waals surface area contributed by atoms with Crippen molar-refractivity contribution in [3.8, 4) is 0 Å². The van der Waals surface area contributed by atoms with E-state index in [1.807, 2.05) is 6.92 Å². The molecule has 2 nitrogen and oxygen atoms in total. The van der Waals surface area contributed by atoms with Crippen molar-refractivity contribution in [2.45, 2.75) is 6.92 Å². The van der Waals surface area contributed by atoms with Gasteiger partial charge in [-0.3, -0.25) is 4.79 Å². The van der Waals surface area contributed by atoms with E-state index in [4.69, 9.17) is 0 Å². The van der Waals surface area contributed by atoms with Gasteiger partial charge in [-0.1, -0.05) is 0 Å². The second kappa shape index (κ2) is 2.88. The van der Waals surface area contributed by atoms with E-state index in [0.29, 0.717) is 4.47 Å². The summed E-state index contributed by atoms with van der Waals surface area (Å²) in [5, 5.41) is 0. The van der Waals surface area contributed by atoms with Crippen LogP contribution in [0.4, 0.5) is 0 Å². The Morgan fingerprint density at radius 1 is 1.60 bits per heavy atom. The SMILES string of the molecule is Cc1cc(Br)c(=O)n(Br)c1. The summed E-state index contributed by atoms with van der Waals surface area (Å²) >= 11 is 6.20. The predicted octanol–water partition coefficient (Wildman–Crippen LogP) is 2.08. The maximum absolute atomic E-state index is 11.0. The highest BCUT2D eigenvalue weighted by atomic mass is 79.9. The fourth-order valence-electron chi connectivity index (χ4n) is 0.638. The minimum absolute atomic E-state index is 0.0781. The number of halogens is 2. The molecule has 1 heterocycles. The Morgan fingerprint density at radius 3 is 2.70 bits per heavy atom. The molecule has 10 heavy (non-hydrogen) atoms. The molecule has 0 saturated carbocycles. The second-order valence-electron chi connectivity index (χ2n) is 1.98. The molecule has 0 atom stereocenters. The molecule has 0 unspecified atom stereocenters. The zero-order valence-electron chi connectivity index (χ0n) is 5.27. The summed E-state index contributed by atoms with van der Waals surface area (Å²) in [6.07, 6.45) is 1.72. The molecular formula is C6H5Br2NO. The first-order valence-electron chi connectivity index (χ1n) is 2.66. The highest BCUT2D eigenvalue weighted by molar-refractivity contribution is 9.10. The van der Waals surface area contributed by atoms with Gasteiger partial charge in [-0.15, -0.1) is 0 Å². The molecule has 54 valence electrons. The number of hydrogen-bond donors (Lipinski definition) is 0. The van der Waals surface area contributed by atoms with Gasteiger partial charge in [-0.2, -0.15) is 0 Å². The van der Waals surface area contributed by atoms with Crippen LogP contribution in [0.2, 0.25) is 0 Å². The average Bonchev–Trinajstić information content (AvgIpc) is 1.82. The van der Waals surface area contributed by atoms with Crippen LogP contribution >= 0.6 is 32.1 Å². The molecule has 0 saturated heterocycles. The van der Waals surface area contributed by atoms with Gasteiger partial charge in [0.25, 0.3) is 5.56 Å². The molecule has 0 aliphatic carbocycles. The van der Waals surface area contributed by atoms with Crippen molar-refractivity contribution in [1.82, 2.24) is 3.59 Å². The van der Waals surface area contributed by atoms with Crippen LogP contribution in [0.25, 0.3) is 0 Å². The summed E-state index contributed by atoms with van der Waals surface area (Å²) in [7, 11) is 0. The zero-order valence-corrected chi connectivity index (χ0v) is 8.44. The van der Waals surface area contributed by atoms with Crippen LogP contribution in [0, 0.1) is 6.92 Å². The average molecular weight is 267 g/mol. The minimum atomic E-state index is -0.0781. The summed E-state index contributed by atoms with van der Waals surface area (Å²) < 4.78 is 1.94. The monoisotopic (exact) mass is 265 g/mol. The predicted molar refractivity (Wildman–Crippen MR) is 47.5 cm³/mol. The van der Waals surface area contributed by atoms with E-state index in [9.17, 15) is 4.79 Å². The Labute approximate surface area is 75.3 Å². The van der Waals surface area contributed by atoms with Crippen LogP contribution < -0.4 is 5.56 Å². The van der Waals surface area contributed by atoms with Gasteiger partial charge < -0.3 is 0 Å². The minimum Gasteiger partial charge on any atom is -0.267 e. The van der Waals surface area contributed by atoms with Crippen LogP contribution in [0.5, 0.6) is 0 Å². The van der Waals surface area contributed by atoms with E-state index in [1.54, 1.807) is 12.3 Å². The van der Waals surface area contributed by atoms with E-state index in [1.165, 1.54) is 3.59 Å². The number of pyridine rings is 1. The number of hydrogen-bond acceptors (Lipinski definition) is 1. The Morgan fingerprint density at radius 2 is 2.20 bits per heavy atom. The first-order valence-corrected chi connectivity index (χ1v) is 4.16. The Kier molecular flexibility index (Phi) is 2.31. The van der Waals surface area contributed by atoms with Gasteiger partial charge in [0.1, 0.15) is 0 Å². The first kappa shape index (κ1) is 8.01. The molecule has 0 radical (unpaired) electrons. The van der Waals surface area contributed by atoms with Crippen molar-refractivity contribution in [3.05, 3.63) is 32.7 Å². The van der Waals surface area contributed by atoms with Gasteiger partial charge in [0.15, 0.2) is 0 Å². The van der Waals surface area contributed by atoms with Crippen LogP contribution in [-0.4, -0.2) is 3.59 Å². The normalized spacial score (nSPS) is 9.90. The van der Waals surface area contributed by atoms with Crippen molar-refractivity contribution in [1.29, 1.82) is 0 Å². The molecular weight excluding hydrogens is 262 g/mol. The molecule has 0 spiro atoms. The highest BCUT2D eigenvalue weighted by Crippen LogP contribution is 2.06. The lowest BCUT2D eigenvalue weighted by atomic mass is 10.3. The summed E-state index contributed by atoms with van der Waals surface area (Å²) in [6.45, 7) is 1.92. The first-order chi connectivity index (χ1) is 4.61. The van der Waals surface area contributed by atoms with E-state index < -0.39 is 0 Å². The molecule has 0 bridgehead atoms. The van der Waals surface area contributed by atoms with Crippen molar-refractivity contribution < 1.29 is 0 Å². The van der Waals surface area contributed by atoms with Crippen LogP contribution in [0.1, 0.15) is 5.56 Å². The molecule has 0 aromatic carbocycles. The molecule has 0 aliphatic rings. The Balaban J connectivity index is 3.46. The Bertz CT molecular complexity index is 279. The van der Waals surface area contributed by atoms with Gasteiger partial charge in [0, 0.05) is 6.20 Å². The fraction of sp³-hybridized carbons (Fsp3) is 0.167. The largest absolute Gasteiger partial charge is 0.274 e. The molecule has 4 heteroatoms. The third-order valence-corrected chi connectivity index (χ3v) is 2.16. The summed E-state index contributed by atoms with van der Waals surface area (Å²) in [6, 6.07) is 1.78. The third kappa shape index (κ3) is 1.49. The highest BCUT2D eigenvalue weighted by Gasteiger charge is 1.97. The van der Waals surface area contributed by atoms with Crippen LogP contribution in [0.15, 0.2) is 21.5 Å². The van der Waals surface area contributed by atoms with Crippen LogP contribution in [-0.2, 0) is 0 Å². The number of nitrogens with zero attached hydrogens (tertiary/aromatic N) is 1. The van der Waals surface area contributed by atoms with E-state index in [0.717, 1.165) is 5.56 Å². The third-order valence-electron chi connectivity index (χ3n) is 1.07. The lowest BCUT2D eigenvalue weighted by Gasteiger charge is -1.96. The maximum Gasteiger partial charge on any atom is 0.274 e. The van der Waals surface area contributed by atoms with Crippen molar-refractivity contribution in [3.63, 3.8) is 0 Å². The lowest BCUT2D eigenvalue weighted by Crippen LogP contribution is -2.12. The standard InChI is InChI=1S/C6H5Br2NO/c1-4-2-5(7)6(10)9(8)3-4/h2-3H,1H3. The smallest absolute Gasteiger partial charge is 0.267 e. The van der Waals surface area contributed by atoms with Crippen molar-refractivity contribution in [2.24, 2.45) is 0 Å². The molecule has 0 fully saturated rings. The fourth-order valence-corrected chi connectivity index (χ4v) is 1.94. The molecule has 1 rings (SSSR count). The van der Waals surface area contributed by atoms with Gasteiger partial charge in [-0.25, -0.2) is 3.59 Å². The van der Waals surface area contributed by atoms with Crippen LogP contribution in [0.3, 0.4) is 0 Å². The van der Waals surface area contributed by atoms with Gasteiger partial charge in [-0.05, 0) is 34.5 Å². The molecule has 0 amide bonds. The molecule has 1 aromatic heterocycles. The van der Waals surface area contributed by atoms with Gasteiger partial charge >= 0.3 is 0 Å². The molecule has 0 aliphatic heterocycles. The summed E-state index contributed by atoms with van der Waals surface area (Å²) in [5.41, 5.74) is 0.953. The van der Waals surface area contributed by atoms with E-state index >= 15 is 0 Å².